The van der Waals surface area contributed by atoms with Crippen LogP contribution in [0.5, 0.6) is 0 Å². The molecule has 1 aliphatic rings. The van der Waals surface area contributed by atoms with Crippen LogP contribution in [0.4, 0.5) is 0 Å². The summed E-state index contributed by atoms with van der Waals surface area (Å²) in [6.07, 6.45) is 2.11. The van der Waals surface area contributed by atoms with Crippen LogP contribution in [0.15, 0.2) is 36.1 Å². The van der Waals surface area contributed by atoms with Crippen LogP contribution in [0, 0.1) is 5.41 Å². The van der Waals surface area contributed by atoms with Crippen molar-refractivity contribution in [3.8, 4) is 0 Å². The highest BCUT2D eigenvalue weighted by Crippen LogP contribution is 2.38. The fourth-order valence-electron chi connectivity index (χ4n) is 1.38. The summed E-state index contributed by atoms with van der Waals surface area (Å²) in [5, 5.41) is 0. The Labute approximate surface area is 79.0 Å². The monoisotopic (exact) mass is 174 g/mol. The molecule has 1 heterocycles. The lowest BCUT2D eigenvalue weighted by Crippen LogP contribution is -2.33. The molecule has 0 amide bonds. The Morgan fingerprint density at radius 2 is 1.92 bits per heavy atom. The van der Waals surface area contributed by atoms with Gasteiger partial charge in [-0.1, -0.05) is 30.3 Å². The quantitative estimate of drug-likeness (QED) is 0.635. The van der Waals surface area contributed by atoms with E-state index in [1.54, 1.807) is 0 Å². The lowest BCUT2D eigenvalue weighted by atomic mass is 9.86. The van der Waals surface area contributed by atoms with Gasteiger partial charge in [0.2, 0.25) is 0 Å². The predicted octanol–water partition coefficient (Wildman–Crippen LogP) is 3.08. The average Bonchev–Trinajstić information content (AvgIpc) is 2.15. The average molecular weight is 174 g/mol. The van der Waals surface area contributed by atoms with E-state index >= 15 is 0 Å². The van der Waals surface area contributed by atoms with Crippen molar-refractivity contribution in [3.05, 3.63) is 41.7 Å². The van der Waals surface area contributed by atoms with E-state index in [4.69, 9.17) is 4.74 Å². The second-order valence-electron chi connectivity index (χ2n) is 4.09. The summed E-state index contributed by atoms with van der Waals surface area (Å²) < 4.78 is 5.41. The molecular formula is C12H14O. The topological polar surface area (TPSA) is 9.23 Å². The summed E-state index contributed by atoms with van der Waals surface area (Å²) in [6, 6.07) is 10.3. The van der Waals surface area contributed by atoms with Gasteiger partial charge in [0.15, 0.2) is 0 Å². The molecule has 1 aromatic carbocycles. The van der Waals surface area contributed by atoms with Crippen LogP contribution in [0.3, 0.4) is 0 Å². The van der Waals surface area contributed by atoms with Gasteiger partial charge < -0.3 is 4.74 Å². The SMILES string of the molecule is CC1(C)CO/C1=C\c1ccccc1. The molecule has 0 aliphatic carbocycles. The lowest BCUT2D eigenvalue weighted by molar-refractivity contribution is -0.00708. The molecule has 0 atom stereocenters. The fourth-order valence-corrected chi connectivity index (χ4v) is 1.38. The number of rotatable bonds is 1. The van der Waals surface area contributed by atoms with Crippen LogP contribution < -0.4 is 0 Å². The summed E-state index contributed by atoms with van der Waals surface area (Å²) in [4.78, 5) is 0. The molecule has 1 nitrogen and oxygen atoms in total. The highest BCUT2D eigenvalue weighted by molar-refractivity contribution is 5.53. The van der Waals surface area contributed by atoms with Gasteiger partial charge in [0, 0.05) is 0 Å². The number of benzene rings is 1. The summed E-state index contributed by atoms with van der Waals surface area (Å²) in [7, 11) is 0. The van der Waals surface area contributed by atoms with E-state index < -0.39 is 0 Å². The molecule has 1 aliphatic heterocycles. The normalized spacial score (nSPS) is 22.2. The lowest BCUT2D eigenvalue weighted by Gasteiger charge is -2.38. The number of hydrogen-bond acceptors (Lipinski definition) is 1. The van der Waals surface area contributed by atoms with Crippen molar-refractivity contribution in [1.82, 2.24) is 0 Å². The summed E-state index contributed by atoms with van der Waals surface area (Å²) in [5.41, 5.74) is 1.45. The highest BCUT2D eigenvalue weighted by atomic mass is 16.5. The predicted molar refractivity (Wildman–Crippen MR) is 54.2 cm³/mol. The Hall–Kier alpha value is -1.24. The van der Waals surface area contributed by atoms with Crippen molar-refractivity contribution in [1.29, 1.82) is 0 Å². The zero-order chi connectivity index (χ0) is 9.31. The Morgan fingerprint density at radius 1 is 1.23 bits per heavy atom. The molecule has 0 bridgehead atoms. The van der Waals surface area contributed by atoms with Gasteiger partial charge in [-0.3, -0.25) is 0 Å². The van der Waals surface area contributed by atoms with Crippen LogP contribution in [0.25, 0.3) is 6.08 Å². The smallest absolute Gasteiger partial charge is 0.106 e. The third-order valence-corrected chi connectivity index (χ3v) is 2.35. The van der Waals surface area contributed by atoms with Crippen molar-refractivity contribution in [2.75, 3.05) is 6.61 Å². The van der Waals surface area contributed by atoms with E-state index in [1.165, 1.54) is 5.56 Å². The van der Waals surface area contributed by atoms with Crippen LogP contribution >= 0.6 is 0 Å². The minimum absolute atomic E-state index is 0.232. The van der Waals surface area contributed by atoms with Gasteiger partial charge in [-0.25, -0.2) is 0 Å². The van der Waals surface area contributed by atoms with Gasteiger partial charge >= 0.3 is 0 Å². The Balaban J connectivity index is 2.22. The van der Waals surface area contributed by atoms with Gasteiger partial charge in [-0.05, 0) is 25.5 Å². The molecule has 68 valence electrons. The van der Waals surface area contributed by atoms with Crippen LogP contribution in [-0.2, 0) is 4.74 Å². The van der Waals surface area contributed by atoms with E-state index in [9.17, 15) is 0 Å². The van der Waals surface area contributed by atoms with Crippen molar-refractivity contribution in [3.63, 3.8) is 0 Å². The Morgan fingerprint density at radius 3 is 2.38 bits per heavy atom. The molecule has 0 saturated carbocycles. The van der Waals surface area contributed by atoms with E-state index in [0.29, 0.717) is 0 Å². The van der Waals surface area contributed by atoms with Crippen molar-refractivity contribution >= 4 is 6.08 Å². The van der Waals surface area contributed by atoms with Crippen LogP contribution in [-0.4, -0.2) is 6.61 Å². The zero-order valence-corrected chi connectivity index (χ0v) is 8.08. The fraction of sp³-hybridized carbons (Fsp3) is 0.333. The minimum Gasteiger partial charge on any atom is -0.496 e. The number of ether oxygens (including phenoxy) is 1. The third kappa shape index (κ3) is 1.59. The minimum atomic E-state index is 0.232. The van der Waals surface area contributed by atoms with Gasteiger partial charge in [0.05, 0.1) is 12.0 Å². The van der Waals surface area contributed by atoms with E-state index in [0.717, 1.165) is 12.4 Å². The summed E-state index contributed by atoms with van der Waals surface area (Å²) >= 11 is 0. The largest absolute Gasteiger partial charge is 0.496 e. The van der Waals surface area contributed by atoms with E-state index in [2.05, 4.69) is 32.1 Å². The van der Waals surface area contributed by atoms with Crippen LogP contribution in [0.2, 0.25) is 0 Å². The first kappa shape index (κ1) is 8.36. The van der Waals surface area contributed by atoms with E-state index in [-0.39, 0.29) is 5.41 Å². The second kappa shape index (κ2) is 2.91. The van der Waals surface area contributed by atoms with Crippen molar-refractivity contribution in [2.24, 2.45) is 5.41 Å². The van der Waals surface area contributed by atoms with Crippen LogP contribution in [0.1, 0.15) is 19.4 Å². The molecule has 0 aromatic heterocycles. The molecule has 1 aromatic rings. The number of hydrogen-bond donors (Lipinski definition) is 0. The Kier molecular flexibility index (Phi) is 1.87. The molecule has 0 spiro atoms. The van der Waals surface area contributed by atoms with E-state index in [1.807, 2.05) is 18.2 Å². The van der Waals surface area contributed by atoms with Gasteiger partial charge in [0.25, 0.3) is 0 Å². The Bertz CT molecular complexity index is 322. The molecule has 2 rings (SSSR count). The zero-order valence-electron chi connectivity index (χ0n) is 8.08. The molecule has 0 N–H and O–H groups in total. The summed E-state index contributed by atoms with van der Waals surface area (Å²) in [6.45, 7) is 5.24. The van der Waals surface area contributed by atoms with Gasteiger partial charge in [-0.15, -0.1) is 0 Å². The van der Waals surface area contributed by atoms with Crippen molar-refractivity contribution < 1.29 is 4.74 Å². The molecule has 1 heteroatoms. The van der Waals surface area contributed by atoms with Gasteiger partial charge in [-0.2, -0.15) is 0 Å². The third-order valence-electron chi connectivity index (χ3n) is 2.35. The maximum Gasteiger partial charge on any atom is 0.106 e. The second-order valence-corrected chi connectivity index (χ2v) is 4.09. The van der Waals surface area contributed by atoms with Crippen molar-refractivity contribution in [2.45, 2.75) is 13.8 Å². The molecule has 1 fully saturated rings. The molecule has 0 radical (unpaired) electrons. The maximum absolute atomic E-state index is 5.41. The molecule has 1 saturated heterocycles. The molecular weight excluding hydrogens is 160 g/mol. The molecule has 13 heavy (non-hydrogen) atoms. The first-order chi connectivity index (χ1) is 6.18. The van der Waals surface area contributed by atoms with Gasteiger partial charge in [0.1, 0.15) is 5.76 Å². The standard InChI is InChI=1S/C12H14O/c1-12(2)9-13-11(12)8-10-6-4-3-5-7-10/h3-8H,9H2,1-2H3/b11-8-. The first-order valence-corrected chi connectivity index (χ1v) is 4.58. The maximum atomic E-state index is 5.41. The highest BCUT2D eigenvalue weighted by Gasteiger charge is 2.34. The first-order valence-electron chi connectivity index (χ1n) is 4.58. The summed E-state index contributed by atoms with van der Waals surface area (Å²) in [5.74, 6) is 1.10. The molecule has 0 unspecified atom stereocenters.